The highest BCUT2D eigenvalue weighted by Gasteiger charge is 2.36. The molecule has 0 heterocycles. The van der Waals surface area contributed by atoms with Gasteiger partial charge in [0.2, 0.25) is 0 Å². The molecule has 3 nitrogen and oxygen atoms in total. The van der Waals surface area contributed by atoms with Crippen LogP contribution in [0.5, 0.6) is 0 Å². The second-order valence-electron chi connectivity index (χ2n) is 6.55. The molecule has 0 saturated heterocycles. The lowest BCUT2D eigenvalue weighted by Gasteiger charge is -2.35. The van der Waals surface area contributed by atoms with Crippen LogP contribution in [-0.4, -0.2) is 16.9 Å². The molecule has 3 heteroatoms. The van der Waals surface area contributed by atoms with Gasteiger partial charge < -0.3 is 5.11 Å². The Hall–Kier alpha value is -1.64. The van der Waals surface area contributed by atoms with E-state index in [1.807, 2.05) is 32.0 Å². The number of Topliss-reactive ketones (excluding diaryl/α,β-unsaturated/α-hetero) is 1. The van der Waals surface area contributed by atoms with Crippen molar-refractivity contribution >= 4 is 11.8 Å². The van der Waals surface area contributed by atoms with E-state index in [0.717, 1.165) is 48.8 Å². The summed E-state index contributed by atoms with van der Waals surface area (Å²) in [7, 11) is 0. The minimum Gasteiger partial charge on any atom is -0.481 e. The van der Waals surface area contributed by atoms with Gasteiger partial charge in [-0.2, -0.15) is 0 Å². The first-order valence-electron chi connectivity index (χ1n) is 7.74. The summed E-state index contributed by atoms with van der Waals surface area (Å²) in [5.41, 5.74) is 2.54. The highest BCUT2D eigenvalue weighted by Crippen LogP contribution is 2.43. The molecule has 0 unspecified atom stereocenters. The van der Waals surface area contributed by atoms with Gasteiger partial charge in [0.05, 0.1) is 6.42 Å². The molecule has 1 aromatic rings. The molecule has 0 atom stereocenters. The molecule has 1 aliphatic rings. The van der Waals surface area contributed by atoms with E-state index in [1.54, 1.807) is 0 Å². The zero-order valence-electron chi connectivity index (χ0n) is 12.9. The number of aliphatic carboxylic acids is 1. The van der Waals surface area contributed by atoms with Crippen LogP contribution in [0.15, 0.2) is 18.2 Å². The molecule has 0 spiro atoms. The van der Waals surface area contributed by atoms with Crippen LogP contribution < -0.4 is 0 Å². The Kier molecular flexibility index (Phi) is 4.81. The average Bonchev–Trinajstić information content (AvgIpc) is 2.38. The molecule has 0 amide bonds. The summed E-state index contributed by atoms with van der Waals surface area (Å²) < 4.78 is 0. The zero-order valence-corrected chi connectivity index (χ0v) is 12.9. The summed E-state index contributed by atoms with van der Waals surface area (Å²) in [5.74, 6) is -0.694. The quantitative estimate of drug-likeness (QED) is 0.822. The SMILES string of the molecule is Cc1ccc(C(=O)CC2(CC(=O)O)CCCCC2)c(C)c1. The molecule has 1 fully saturated rings. The maximum atomic E-state index is 12.6. The van der Waals surface area contributed by atoms with Gasteiger partial charge in [0.15, 0.2) is 5.78 Å². The van der Waals surface area contributed by atoms with Crippen LogP contribution in [-0.2, 0) is 4.79 Å². The number of ketones is 1. The Labute approximate surface area is 126 Å². The predicted molar refractivity (Wildman–Crippen MR) is 82.6 cm³/mol. The Balaban J connectivity index is 2.19. The minimum atomic E-state index is -0.787. The third-order valence-corrected chi connectivity index (χ3v) is 4.66. The Morgan fingerprint density at radius 3 is 2.33 bits per heavy atom. The monoisotopic (exact) mass is 288 g/mol. The molecule has 21 heavy (non-hydrogen) atoms. The van der Waals surface area contributed by atoms with Crippen molar-refractivity contribution < 1.29 is 14.7 Å². The van der Waals surface area contributed by atoms with Crippen molar-refractivity contribution in [3.05, 3.63) is 34.9 Å². The lowest BCUT2D eigenvalue weighted by atomic mass is 9.68. The fourth-order valence-corrected chi connectivity index (χ4v) is 3.60. The van der Waals surface area contributed by atoms with Crippen LogP contribution in [0.4, 0.5) is 0 Å². The van der Waals surface area contributed by atoms with Crippen molar-refractivity contribution in [3.63, 3.8) is 0 Å². The van der Waals surface area contributed by atoms with E-state index >= 15 is 0 Å². The van der Waals surface area contributed by atoms with Gasteiger partial charge in [-0.05, 0) is 37.7 Å². The lowest BCUT2D eigenvalue weighted by molar-refractivity contribution is -0.140. The Bertz CT molecular complexity index is 539. The number of hydrogen-bond acceptors (Lipinski definition) is 2. The number of hydrogen-bond donors (Lipinski definition) is 1. The van der Waals surface area contributed by atoms with Gasteiger partial charge in [0.1, 0.15) is 0 Å². The van der Waals surface area contributed by atoms with Crippen molar-refractivity contribution in [1.82, 2.24) is 0 Å². The van der Waals surface area contributed by atoms with E-state index in [1.165, 1.54) is 0 Å². The summed E-state index contributed by atoms with van der Waals surface area (Å²) in [4.78, 5) is 23.8. The molecule has 1 aliphatic carbocycles. The van der Waals surface area contributed by atoms with E-state index < -0.39 is 5.97 Å². The maximum absolute atomic E-state index is 12.6. The number of carboxylic acids is 1. The fraction of sp³-hybridized carbons (Fsp3) is 0.556. The van der Waals surface area contributed by atoms with Gasteiger partial charge in [-0.15, -0.1) is 0 Å². The van der Waals surface area contributed by atoms with Crippen LogP contribution in [0.25, 0.3) is 0 Å². The molecule has 1 N–H and O–H groups in total. The van der Waals surface area contributed by atoms with Crippen LogP contribution >= 0.6 is 0 Å². The Morgan fingerprint density at radius 2 is 1.76 bits per heavy atom. The normalized spacial score (nSPS) is 17.4. The smallest absolute Gasteiger partial charge is 0.303 e. The van der Waals surface area contributed by atoms with E-state index in [4.69, 9.17) is 0 Å². The topological polar surface area (TPSA) is 54.4 Å². The summed E-state index contributed by atoms with van der Waals surface area (Å²) in [6, 6.07) is 5.84. The first kappa shape index (κ1) is 15.7. The number of benzene rings is 1. The van der Waals surface area contributed by atoms with E-state index in [9.17, 15) is 14.7 Å². The second kappa shape index (κ2) is 6.42. The molecule has 1 saturated carbocycles. The summed E-state index contributed by atoms with van der Waals surface area (Å²) in [6.45, 7) is 3.96. The molecule has 0 radical (unpaired) electrons. The van der Waals surface area contributed by atoms with Crippen LogP contribution in [0.1, 0.15) is 66.4 Å². The average molecular weight is 288 g/mol. The van der Waals surface area contributed by atoms with Crippen molar-refractivity contribution in [1.29, 1.82) is 0 Å². The molecular weight excluding hydrogens is 264 g/mol. The van der Waals surface area contributed by atoms with Gasteiger partial charge in [-0.3, -0.25) is 9.59 Å². The largest absolute Gasteiger partial charge is 0.481 e. The maximum Gasteiger partial charge on any atom is 0.303 e. The highest BCUT2D eigenvalue weighted by molar-refractivity contribution is 5.98. The van der Waals surface area contributed by atoms with Crippen molar-refractivity contribution in [2.24, 2.45) is 5.41 Å². The van der Waals surface area contributed by atoms with Gasteiger partial charge in [-0.1, -0.05) is 43.0 Å². The molecule has 114 valence electrons. The van der Waals surface area contributed by atoms with Crippen LogP contribution in [0.3, 0.4) is 0 Å². The van der Waals surface area contributed by atoms with Crippen LogP contribution in [0.2, 0.25) is 0 Å². The number of carbonyl (C=O) groups excluding carboxylic acids is 1. The second-order valence-corrected chi connectivity index (χ2v) is 6.55. The lowest BCUT2D eigenvalue weighted by Crippen LogP contribution is -2.30. The zero-order chi connectivity index (χ0) is 15.5. The van der Waals surface area contributed by atoms with Gasteiger partial charge in [0, 0.05) is 12.0 Å². The molecule has 2 rings (SSSR count). The first-order chi connectivity index (χ1) is 9.92. The van der Waals surface area contributed by atoms with Crippen molar-refractivity contribution in [2.75, 3.05) is 0 Å². The molecule has 0 aliphatic heterocycles. The molecule has 1 aromatic carbocycles. The van der Waals surface area contributed by atoms with Gasteiger partial charge in [-0.25, -0.2) is 0 Å². The summed E-state index contributed by atoms with van der Waals surface area (Å²) in [6.07, 6.45) is 5.42. The summed E-state index contributed by atoms with van der Waals surface area (Å²) >= 11 is 0. The first-order valence-corrected chi connectivity index (χ1v) is 7.74. The predicted octanol–water partition coefficient (Wildman–Crippen LogP) is 4.30. The Morgan fingerprint density at radius 1 is 1.10 bits per heavy atom. The summed E-state index contributed by atoms with van der Waals surface area (Å²) in [5, 5.41) is 9.19. The number of aryl methyl sites for hydroxylation is 2. The highest BCUT2D eigenvalue weighted by atomic mass is 16.4. The third-order valence-electron chi connectivity index (χ3n) is 4.66. The standard InChI is InChI=1S/C18H24O3/c1-13-6-7-15(14(2)10-13)16(19)11-18(12-17(20)21)8-4-3-5-9-18/h6-7,10H,3-5,8-9,11-12H2,1-2H3,(H,20,21). The number of rotatable bonds is 5. The van der Waals surface area contributed by atoms with E-state index in [2.05, 4.69) is 0 Å². The van der Waals surface area contributed by atoms with E-state index in [-0.39, 0.29) is 17.6 Å². The van der Waals surface area contributed by atoms with Gasteiger partial charge in [0.25, 0.3) is 0 Å². The third kappa shape index (κ3) is 3.93. The number of carbonyl (C=O) groups is 2. The van der Waals surface area contributed by atoms with Crippen molar-refractivity contribution in [2.45, 2.75) is 58.8 Å². The molecule has 0 aromatic heterocycles. The van der Waals surface area contributed by atoms with Crippen LogP contribution in [0, 0.1) is 19.3 Å². The minimum absolute atomic E-state index is 0.0932. The molecular formula is C18H24O3. The fourth-order valence-electron chi connectivity index (χ4n) is 3.60. The van der Waals surface area contributed by atoms with Gasteiger partial charge >= 0.3 is 5.97 Å². The number of carboxylic acid groups (broad SMARTS) is 1. The van der Waals surface area contributed by atoms with E-state index in [0.29, 0.717) is 6.42 Å². The van der Waals surface area contributed by atoms with Crippen molar-refractivity contribution in [3.8, 4) is 0 Å². The molecule has 0 bridgehead atoms.